The highest BCUT2D eigenvalue weighted by Crippen LogP contribution is 2.27. The predicted octanol–water partition coefficient (Wildman–Crippen LogP) is 3.64. The molecule has 2 amide bonds. The maximum Gasteiger partial charge on any atom is 0.319 e. The van der Waals surface area contributed by atoms with Crippen LogP contribution >= 0.6 is 0 Å². The molecule has 0 spiro atoms. The molecule has 3 N–H and O–H groups in total. The van der Waals surface area contributed by atoms with Crippen molar-refractivity contribution in [2.45, 2.75) is 31.6 Å². The van der Waals surface area contributed by atoms with Crippen LogP contribution in [0.4, 0.5) is 16.2 Å². The minimum absolute atomic E-state index is 0.143. The summed E-state index contributed by atoms with van der Waals surface area (Å²) < 4.78 is 27.9. The Morgan fingerprint density at radius 2 is 1.65 bits per heavy atom. The number of amides is 2. The molecule has 2 aromatic carbocycles. The van der Waals surface area contributed by atoms with E-state index in [0.717, 1.165) is 11.1 Å². The van der Waals surface area contributed by atoms with Gasteiger partial charge >= 0.3 is 6.03 Å². The summed E-state index contributed by atoms with van der Waals surface area (Å²) in [6, 6.07) is 11.4. The lowest BCUT2D eigenvalue weighted by molar-refractivity contribution is 0.251. The molecule has 0 radical (unpaired) electrons. The number of anilines is 2. The summed E-state index contributed by atoms with van der Waals surface area (Å²) >= 11 is 0. The molecule has 3 rings (SSSR count). The maximum atomic E-state index is 12.6. The Balaban J connectivity index is 1.67. The van der Waals surface area contributed by atoms with Crippen molar-refractivity contribution in [2.75, 3.05) is 16.6 Å². The van der Waals surface area contributed by atoms with E-state index in [1.807, 2.05) is 32.0 Å². The normalized spacial score (nSPS) is 13.9. The van der Waals surface area contributed by atoms with Gasteiger partial charge in [-0.15, -0.1) is 0 Å². The summed E-state index contributed by atoms with van der Waals surface area (Å²) in [7, 11) is -3.70. The van der Waals surface area contributed by atoms with Crippen molar-refractivity contribution < 1.29 is 13.2 Å². The van der Waals surface area contributed by atoms with Crippen LogP contribution < -0.4 is 15.4 Å². The number of nitrogens with one attached hydrogen (secondary N) is 3. The maximum absolute atomic E-state index is 12.6. The number of rotatable bonds is 6. The monoisotopic (exact) mass is 373 g/mol. The summed E-state index contributed by atoms with van der Waals surface area (Å²) in [5, 5.41) is 5.51. The summed E-state index contributed by atoms with van der Waals surface area (Å²) in [6.45, 7) is 4.40. The summed E-state index contributed by atoms with van der Waals surface area (Å²) in [4.78, 5) is 11.9. The topological polar surface area (TPSA) is 87.3 Å². The number of para-hydroxylation sites is 1. The number of hydrogen-bond donors (Lipinski definition) is 3. The lowest BCUT2D eigenvalue weighted by atomic mass is 10.1. The Kier molecular flexibility index (Phi) is 5.18. The SMILES string of the molecule is Cc1cccc(C)c1NS(=O)(=O)c1ccc(NC(=O)NCC2CC2)cc1. The van der Waals surface area contributed by atoms with E-state index in [4.69, 9.17) is 0 Å². The van der Waals surface area contributed by atoms with Gasteiger partial charge in [0, 0.05) is 12.2 Å². The third-order valence-corrected chi connectivity index (χ3v) is 5.75. The number of urea groups is 1. The molecule has 1 saturated carbocycles. The van der Waals surface area contributed by atoms with Crippen LogP contribution in [0.1, 0.15) is 24.0 Å². The van der Waals surface area contributed by atoms with Crippen molar-refractivity contribution in [3.63, 3.8) is 0 Å². The first-order valence-electron chi connectivity index (χ1n) is 8.59. The Labute approximate surface area is 154 Å². The van der Waals surface area contributed by atoms with Gasteiger partial charge in [0.05, 0.1) is 10.6 Å². The molecular weight excluding hydrogens is 350 g/mol. The van der Waals surface area contributed by atoms with E-state index in [-0.39, 0.29) is 10.9 Å². The fraction of sp³-hybridized carbons (Fsp3) is 0.316. The molecule has 2 aromatic rings. The molecule has 1 fully saturated rings. The first-order valence-corrected chi connectivity index (χ1v) is 10.1. The molecular formula is C19H23N3O3S. The zero-order valence-electron chi connectivity index (χ0n) is 14.9. The lowest BCUT2D eigenvalue weighted by Crippen LogP contribution is -2.30. The van der Waals surface area contributed by atoms with Crippen LogP contribution in [0.5, 0.6) is 0 Å². The second kappa shape index (κ2) is 7.37. The lowest BCUT2D eigenvalue weighted by Gasteiger charge is -2.13. The number of aryl methyl sites for hydroxylation is 2. The molecule has 6 nitrogen and oxygen atoms in total. The van der Waals surface area contributed by atoms with E-state index in [2.05, 4.69) is 15.4 Å². The molecule has 0 heterocycles. The van der Waals surface area contributed by atoms with E-state index in [9.17, 15) is 13.2 Å². The highest BCUT2D eigenvalue weighted by atomic mass is 32.2. The van der Waals surface area contributed by atoms with Gasteiger partial charge in [0.25, 0.3) is 10.0 Å². The average molecular weight is 373 g/mol. The Bertz CT molecular complexity index is 884. The largest absolute Gasteiger partial charge is 0.338 e. The van der Waals surface area contributed by atoms with E-state index < -0.39 is 10.0 Å². The molecule has 26 heavy (non-hydrogen) atoms. The van der Waals surface area contributed by atoms with Crippen LogP contribution in [0.3, 0.4) is 0 Å². The minimum Gasteiger partial charge on any atom is -0.338 e. The predicted molar refractivity (Wildman–Crippen MR) is 103 cm³/mol. The summed E-state index contributed by atoms with van der Waals surface area (Å²) in [5.74, 6) is 0.601. The molecule has 0 bridgehead atoms. The highest BCUT2D eigenvalue weighted by Gasteiger charge is 2.21. The Hall–Kier alpha value is -2.54. The van der Waals surface area contributed by atoms with Gasteiger partial charge in [-0.2, -0.15) is 0 Å². The zero-order chi connectivity index (χ0) is 18.7. The highest BCUT2D eigenvalue weighted by molar-refractivity contribution is 7.92. The van der Waals surface area contributed by atoms with Crippen molar-refractivity contribution >= 4 is 27.4 Å². The smallest absolute Gasteiger partial charge is 0.319 e. The molecule has 1 aliphatic rings. The van der Waals surface area contributed by atoms with Crippen LogP contribution in [0, 0.1) is 19.8 Å². The third kappa shape index (κ3) is 4.54. The van der Waals surface area contributed by atoms with Crippen LogP contribution in [-0.2, 0) is 10.0 Å². The van der Waals surface area contributed by atoms with E-state index in [1.54, 1.807) is 12.1 Å². The van der Waals surface area contributed by atoms with E-state index in [1.165, 1.54) is 25.0 Å². The third-order valence-electron chi connectivity index (χ3n) is 4.39. The van der Waals surface area contributed by atoms with Crippen molar-refractivity contribution in [1.29, 1.82) is 0 Å². The van der Waals surface area contributed by atoms with Crippen molar-refractivity contribution in [1.82, 2.24) is 5.32 Å². The number of hydrogen-bond acceptors (Lipinski definition) is 3. The Morgan fingerprint density at radius 1 is 1.04 bits per heavy atom. The van der Waals surface area contributed by atoms with Gasteiger partial charge in [0.15, 0.2) is 0 Å². The van der Waals surface area contributed by atoms with Gasteiger partial charge in [-0.05, 0) is 68.0 Å². The van der Waals surface area contributed by atoms with Crippen LogP contribution in [0.2, 0.25) is 0 Å². The fourth-order valence-corrected chi connectivity index (χ4v) is 3.82. The molecule has 138 valence electrons. The van der Waals surface area contributed by atoms with Crippen LogP contribution in [0.15, 0.2) is 47.4 Å². The molecule has 0 saturated heterocycles. The minimum atomic E-state index is -3.70. The molecule has 0 aliphatic heterocycles. The zero-order valence-corrected chi connectivity index (χ0v) is 15.7. The number of benzene rings is 2. The second-order valence-corrected chi connectivity index (χ2v) is 8.36. The van der Waals surface area contributed by atoms with Gasteiger partial charge in [-0.1, -0.05) is 18.2 Å². The number of carbonyl (C=O) groups is 1. The summed E-state index contributed by atoms with van der Waals surface area (Å²) in [6.07, 6.45) is 2.33. The van der Waals surface area contributed by atoms with Crippen molar-refractivity contribution in [2.24, 2.45) is 5.92 Å². The van der Waals surface area contributed by atoms with Crippen LogP contribution in [-0.4, -0.2) is 21.0 Å². The number of sulfonamides is 1. The van der Waals surface area contributed by atoms with Gasteiger partial charge in [0.2, 0.25) is 0 Å². The second-order valence-electron chi connectivity index (χ2n) is 6.68. The van der Waals surface area contributed by atoms with Gasteiger partial charge in [-0.25, -0.2) is 13.2 Å². The first kappa shape index (κ1) is 18.3. The summed E-state index contributed by atoms with van der Waals surface area (Å²) in [5.41, 5.74) is 2.86. The van der Waals surface area contributed by atoms with Crippen molar-refractivity contribution in [3.8, 4) is 0 Å². The van der Waals surface area contributed by atoms with Crippen LogP contribution in [0.25, 0.3) is 0 Å². The number of carbonyl (C=O) groups excluding carboxylic acids is 1. The van der Waals surface area contributed by atoms with Gasteiger partial charge in [0.1, 0.15) is 0 Å². The first-order chi connectivity index (χ1) is 12.3. The average Bonchev–Trinajstić information content (AvgIpc) is 3.41. The van der Waals surface area contributed by atoms with Gasteiger partial charge in [-0.3, -0.25) is 4.72 Å². The molecule has 0 aromatic heterocycles. The van der Waals surface area contributed by atoms with E-state index >= 15 is 0 Å². The molecule has 0 atom stereocenters. The molecule has 7 heteroatoms. The quantitative estimate of drug-likeness (QED) is 0.722. The van der Waals surface area contributed by atoms with E-state index in [0.29, 0.717) is 23.8 Å². The van der Waals surface area contributed by atoms with Crippen molar-refractivity contribution in [3.05, 3.63) is 53.6 Å². The Morgan fingerprint density at radius 3 is 2.23 bits per heavy atom. The standard InChI is InChI=1S/C19H23N3O3S/c1-13-4-3-5-14(2)18(13)22-26(24,25)17-10-8-16(9-11-17)21-19(23)20-12-15-6-7-15/h3-5,8-11,15,22H,6-7,12H2,1-2H3,(H2,20,21,23). The molecule has 1 aliphatic carbocycles. The molecule has 0 unspecified atom stereocenters. The van der Waals surface area contributed by atoms with Gasteiger partial charge < -0.3 is 10.6 Å². The fourth-order valence-electron chi connectivity index (χ4n) is 2.62.